The van der Waals surface area contributed by atoms with Crippen LogP contribution in [0.2, 0.25) is 0 Å². The van der Waals surface area contributed by atoms with Crippen LogP contribution < -0.4 is 11.1 Å². The van der Waals surface area contributed by atoms with Crippen molar-refractivity contribution in [2.24, 2.45) is 10.7 Å². The summed E-state index contributed by atoms with van der Waals surface area (Å²) in [6, 6.07) is 5.14. The van der Waals surface area contributed by atoms with Crippen molar-refractivity contribution in [3.8, 4) is 0 Å². The van der Waals surface area contributed by atoms with Crippen LogP contribution >= 0.6 is 0 Å². The maximum absolute atomic E-state index is 12.8. The first-order chi connectivity index (χ1) is 9.89. The number of hydrogen-bond donors (Lipinski definition) is 2. The van der Waals surface area contributed by atoms with Crippen LogP contribution in [0, 0.1) is 5.82 Å². The van der Waals surface area contributed by atoms with Gasteiger partial charge in [0, 0.05) is 19.6 Å². The van der Waals surface area contributed by atoms with E-state index in [1.165, 1.54) is 23.5 Å². The second kappa shape index (κ2) is 6.40. The van der Waals surface area contributed by atoms with Gasteiger partial charge in [-0.05, 0) is 37.1 Å². The minimum atomic E-state index is -3.63. The first-order valence-corrected chi connectivity index (χ1v) is 8.12. The zero-order valence-corrected chi connectivity index (χ0v) is 12.6. The Balaban J connectivity index is 1.91. The molecule has 0 aromatic heterocycles. The molecule has 1 aliphatic rings. The van der Waals surface area contributed by atoms with Crippen molar-refractivity contribution in [2.45, 2.75) is 23.8 Å². The van der Waals surface area contributed by atoms with Gasteiger partial charge in [0.05, 0.1) is 11.4 Å². The minimum Gasteiger partial charge on any atom is -0.370 e. The topological polar surface area (TPSA) is 87.8 Å². The summed E-state index contributed by atoms with van der Waals surface area (Å²) in [4.78, 5) is 4.14. The highest BCUT2D eigenvalue weighted by Gasteiger charge is 2.22. The molecule has 0 unspecified atom stereocenters. The maximum atomic E-state index is 12.8. The molecule has 1 aliphatic carbocycles. The van der Waals surface area contributed by atoms with Crippen LogP contribution in [-0.2, 0) is 10.0 Å². The number of rotatable bonds is 6. The molecule has 0 saturated heterocycles. The number of benzene rings is 1. The number of likely N-dealkylation sites (N-methyl/N-ethyl adjacent to an activating group) is 1. The van der Waals surface area contributed by atoms with Crippen molar-refractivity contribution in [3.05, 3.63) is 30.1 Å². The summed E-state index contributed by atoms with van der Waals surface area (Å²) in [6.07, 6.45) is 2.18. The van der Waals surface area contributed by atoms with Crippen LogP contribution in [0.15, 0.2) is 34.2 Å². The average Bonchev–Trinajstić information content (AvgIpc) is 3.23. The van der Waals surface area contributed by atoms with Crippen LogP contribution in [-0.4, -0.2) is 44.9 Å². The van der Waals surface area contributed by atoms with Crippen molar-refractivity contribution < 1.29 is 12.8 Å². The van der Waals surface area contributed by atoms with E-state index >= 15 is 0 Å². The van der Waals surface area contributed by atoms with E-state index in [0.29, 0.717) is 12.0 Å². The minimum absolute atomic E-state index is 0.0551. The Morgan fingerprint density at radius 3 is 2.62 bits per heavy atom. The van der Waals surface area contributed by atoms with E-state index in [2.05, 4.69) is 10.3 Å². The second-order valence-electron chi connectivity index (χ2n) is 4.97. The molecule has 0 aliphatic heterocycles. The van der Waals surface area contributed by atoms with Gasteiger partial charge in [0.1, 0.15) is 5.82 Å². The highest BCUT2D eigenvalue weighted by atomic mass is 32.2. The summed E-state index contributed by atoms with van der Waals surface area (Å²) >= 11 is 0. The van der Waals surface area contributed by atoms with Crippen LogP contribution in [0.1, 0.15) is 12.8 Å². The molecule has 1 saturated carbocycles. The second-order valence-corrected chi connectivity index (χ2v) is 7.01. The molecule has 0 heterocycles. The Morgan fingerprint density at radius 1 is 1.43 bits per heavy atom. The summed E-state index contributed by atoms with van der Waals surface area (Å²) in [5.41, 5.74) is 5.67. The molecule has 1 fully saturated rings. The van der Waals surface area contributed by atoms with E-state index in [1.54, 1.807) is 0 Å². The SMILES string of the molecule is CN(CCN=C(N)NC1CC1)S(=O)(=O)c1ccc(F)cc1. The molecule has 0 bridgehead atoms. The molecule has 6 nitrogen and oxygen atoms in total. The fraction of sp³-hybridized carbons (Fsp3) is 0.462. The molecule has 1 aromatic carbocycles. The number of halogens is 1. The third kappa shape index (κ3) is 4.40. The Kier molecular flexibility index (Phi) is 4.79. The molecule has 0 amide bonds. The lowest BCUT2D eigenvalue weighted by Crippen LogP contribution is -2.35. The standard InChI is InChI=1S/C13H19FN4O2S/c1-18(9-8-16-13(15)17-11-4-5-11)21(19,20)12-6-2-10(14)3-7-12/h2-3,6-7,11H,4-5,8-9H2,1H3,(H3,15,16,17). The molecular weight excluding hydrogens is 295 g/mol. The van der Waals surface area contributed by atoms with Gasteiger partial charge < -0.3 is 11.1 Å². The van der Waals surface area contributed by atoms with Crippen LogP contribution in [0.5, 0.6) is 0 Å². The molecule has 21 heavy (non-hydrogen) atoms. The summed E-state index contributed by atoms with van der Waals surface area (Å²) in [6.45, 7) is 0.467. The van der Waals surface area contributed by atoms with E-state index in [1.807, 2.05) is 0 Å². The third-order valence-electron chi connectivity index (χ3n) is 3.15. The number of nitrogens with one attached hydrogen (secondary N) is 1. The van der Waals surface area contributed by atoms with Crippen molar-refractivity contribution in [3.63, 3.8) is 0 Å². The van der Waals surface area contributed by atoms with E-state index in [4.69, 9.17) is 5.73 Å². The van der Waals surface area contributed by atoms with E-state index in [0.717, 1.165) is 25.0 Å². The van der Waals surface area contributed by atoms with E-state index < -0.39 is 15.8 Å². The normalized spacial score (nSPS) is 16.2. The van der Waals surface area contributed by atoms with Gasteiger partial charge in [-0.2, -0.15) is 4.31 Å². The number of sulfonamides is 1. The molecule has 2 rings (SSSR count). The fourth-order valence-electron chi connectivity index (χ4n) is 1.70. The van der Waals surface area contributed by atoms with Crippen molar-refractivity contribution in [1.82, 2.24) is 9.62 Å². The van der Waals surface area contributed by atoms with Gasteiger partial charge in [-0.15, -0.1) is 0 Å². The first kappa shape index (κ1) is 15.7. The largest absolute Gasteiger partial charge is 0.370 e. The number of aliphatic imine (C=N–C) groups is 1. The van der Waals surface area contributed by atoms with Crippen LogP contribution in [0.4, 0.5) is 4.39 Å². The fourth-order valence-corrected chi connectivity index (χ4v) is 2.86. The van der Waals surface area contributed by atoms with Gasteiger partial charge in [-0.25, -0.2) is 12.8 Å². The van der Waals surface area contributed by atoms with Gasteiger partial charge in [-0.3, -0.25) is 4.99 Å². The smallest absolute Gasteiger partial charge is 0.242 e. The molecular formula is C13H19FN4O2S. The van der Waals surface area contributed by atoms with Gasteiger partial charge in [0.25, 0.3) is 0 Å². The lowest BCUT2D eigenvalue weighted by atomic mass is 10.4. The highest BCUT2D eigenvalue weighted by molar-refractivity contribution is 7.89. The lowest BCUT2D eigenvalue weighted by Gasteiger charge is -2.16. The number of guanidine groups is 1. The summed E-state index contributed by atoms with van der Waals surface area (Å²) in [5.74, 6) is -0.134. The number of hydrogen-bond acceptors (Lipinski definition) is 3. The summed E-state index contributed by atoms with van der Waals surface area (Å²) in [7, 11) is -2.17. The van der Waals surface area contributed by atoms with Crippen molar-refractivity contribution in [2.75, 3.05) is 20.1 Å². The predicted octanol–water partition coefficient (Wildman–Crippen LogP) is 0.513. The monoisotopic (exact) mass is 314 g/mol. The molecule has 116 valence electrons. The molecule has 1 aromatic rings. The Morgan fingerprint density at radius 2 is 2.05 bits per heavy atom. The number of nitrogens with zero attached hydrogens (tertiary/aromatic N) is 2. The van der Waals surface area contributed by atoms with Crippen molar-refractivity contribution >= 4 is 16.0 Å². The van der Waals surface area contributed by atoms with E-state index in [-0.39, 0.29) is 18.0 Å². The Hall–Kier alpha value is -1.67. The zero-order chi connectivity index (χ0) is 15.5. The van der Waals surface area contributed by atoms with Gasteiger partial charge >= 0.3 is 0 Å². The van der Waals surface area contributed by atoms with Gasteiger partial charge in [-0.1, -0.05) is 0 Å². The molecule has 0 radical (unpaired) electrons. The summed E-state index contributed by atoms with van der Waals surface area (Å²) in [5, 5.41) is 3.02. The first-order valence-electron chi connectivity index (χ1n) is 6.68. The predicted molar refractivity (Wildman–Crippen MR) is 78.9 cm³/mol. The Labute approximate surface area is 123 Å². The Bertz CT molecular complexity index is 612. The third-order valence-corrected chi connectivity index (χ3v) is 5.02. The molecule has 0 atom stereocenters. The van der Waals surface area contributed by atoms with Gasteiger partial charge in [0.15, 0.2) is 5.96 Å². The summed E-state index contributed by atoms with van der Waals surface area (Å²) < 4.78 is 38.4. The molecule has 3 N–H and O–H groups in total. The lowest BCUT2D eigenvalue weighted by molar-refractivity contribution is 0.476. The van der Waals surface area contributed by atoms with Crippen molar-refractivity contribution in [1.29, 1.82) is 0 Å². The van der Waals surface area contributed by atoms with Crippen LogP contribution in [0.25, 0.3) is 0 Å². The van der Waals surface area contributed by atoms with E-state index in [9.17, 15) is 12.8 Å². The molecule has 0 spiro atoms. The molecule has 8 heteroatoms. The van der Waals surface area contributed by atoms with Gasteiger partial charge in [0.2, 0.25) is 10.0 Å². The zero-order valence-electron chi connectivity index (χ0n) is 11.8. The maximum Gasteiger partial charge on any atom is 0.242 e. The quantitative estimate of drug-likeness (QED) is 0.592. The highest BCUT2D eigenvalue weighted by Crippen LogP contribution is 2.18. The average molecular weight is 314 g/mol. The van der Waals surface area contributed by atoms with Crippen LogP contribution in [0.3, 0.4) is 0 Å². The number of nitrogens with two attached hydrogens (primary N) is 1.